The summed E-state index contributed by atoms with van der Waals surface area (Å²) in [6, 6.07) is 0.147. The Morgan fingerprint density at radius 3 is 2.64 bits per heavy atom. The molecule has 2 N–H and O–H groups in total. The minimum absolute atomic E-state index is 0.121. The maximum Gasteiger partial charge on any atom is 0.0959 e. The monoisotopic (exact) mass is 201 g/mol. The van der Waals surface area contributed by atoms with Crippen LogP contribution in [0.4, 0.5) is 0 Å². The van der Waals surface area contributed by atoms with Crippen molar-refractivity contribution in [1.29, 1.82) is 0 Å². The van der Waals surface area contributed by atoms with Crippen LogP contribution in [0.2, 0.25) is 0 Å². The first-order valence-electron chi connectivity index (χ1n) is 5.65. The Morgan fingerprint density at radius 2 is 2.07 bits per heavy atom. The molecule has 0 radical (unpaired) electrons. The van der Waals surface area contributed by atoms with E-state index in [0.29, 0.717) is 13.2 Å². The van der Waals surface area contributed by atoms with Crippen LogP contribution in [0.15, 0.2) is 0 Å². The van der Waals surface area contributed by atoms with Crippen molar-refractivity contribution in [1.82, 2.24) is 0 Å². The normalized spacial score (nSPS) is 25.3. The van der Waals surface area contributed by atoms with Gasteiger partial charge >= 0.3 is 0 Å². The minimum atomic E-state index is 0.121. The highest BCUT2D eigenvalue weighted by Gasteiger charge is 2.21. The first kappa shape index (κ1) is 12.0. The van der Waals surface area contributed by atoms with Crippen molar-refractivity contribution in [2.75, 3.05) is 19.8 Å². The van der Waals surface area contributed by atoms with Crippen LogP contribution < -0.4 is 5.73 Å². The summed E-state index contributed by atoms with van der Waals surface area (Å²) >= 11 is 0. The van der Waals surface area contributed by atoms with Gasteiger partial charge in [-0.1, -0.05) is 26.7 Å². The van der Waals surface area contributed by atoms with E-state index in [1.807, 2.05) is 0 Å². The summed E-state index contributed by atoms with van der Waals surface area (Å²) in [5.74, 6) is 0.769. The van der Waals surface area contributed by atoms with E-state index in [0.717, 1.165) is 18.9 Å². The zero-order valence-corrected chi connectivity index (χ0v) is 9.37. The lowest BCUT2D eigenvalue weighted by Crippen LogP contribution is -2.43. The average Bonchev–Trinajstić information content (AvgIpc) is 2.18. The molecule has 1 heterocycles. The second-order valence-electron chi connectivity index (χ2n) is 4.47. The molecule has 0 aromatic rings. The van der Waals surface area contributed by atoms with E-state index < -0.39 is 0 Å². The van der Waals surface area contributed by atoms with Crippen molar-refractivity contribution >= 4 is 0 Å². The van der Waals surface area contributed by atoms with E-state index in [-0.39, 0.29) is 12.1 Å². The highest BCUT2D eigenvalue weighted by atomic mass is 16.6. The smallest absolute Gasteiger partial charge is 0.0959 e. The maximum absolute atomic E-state index is 6.03. The zero-order valence-electron chi connectivity index (χ0n) is 9.37. The lowest BCUT2D eigenvalue weighted by Gasteiger charge is -2.28. The van der Waals surface area contributed by atoms with Gasteiger partial charge in [-0.3, -0.25) is 0 Å². The second-order valence-corrected chi connectivity index (χ2v) is 4.47. The molecule has 3 heteroatoms. The van der Waals surface area contributed by atoms with Gasteiger partial charge in [-0.15, -0.1) is 0 Å². The van der Waals surface area contributed by atoms with Crippen molar-refractivity contribution in [3.8, 4) is 0 Å². The van der Waals surface area contributed by atoms with Gasteiger partial charge < -0.3 is 15.2 Å². The fraction of sp³-hybridized carbons (Fsp3) is 1.00. The predicted octanol–water partition coefficient (Wildman–Crippen LogP) is 1.56. The number of ether oxygens (including phenoxy) is 2. The number of nitrogens with two attached hydrogens (primary N) is 1. The van der Waals surface area contributed by atoms with Crippen molar-refractivity contribution in [2.24, 2.45) is 11.7 Å². The Balaban J connectivity index is 2.10. The van der Waals surface area contributed by atoms with E-state index in [1.165, 1.54) is 12.8 Å². The second kappa shape index (κ2) is 6.38. The Bertz CT molecular complexity index is 144. The lowest BCUT2D eigenvalue weighted by molar-refractivity contribution is -0.0978. The van der Waals surface area contributed by atoms with Crippen LogP contribution in [-0.4, -0.2) is 32.0 Å². The van der Waals surface area contributed by atoms with Gasteiger partial charge in [0.15, 0.2) is 0 Å². The summed E-state index contributed by atoms with van der Waals surface area (Å²) in [5, 5.41) is 0. The van der Waals surface area contributed by atoms with Gasteiger partial charge in [0.05, 0.1) is 25.9 Å². The van der Waals surface area contributed by atoms with E-state index in [2.05, 4.69) is 13.8 Å². The molecule has 1 saturated heterocycles. The highest BCUT2D eigenvalue weighted by Crippen LogP contribution is 2.12. The molecule has 2 atom stereocenters. The highest BCUT2D eigenvalue weighted by molar-refractivity contribution is 4.75. The Labute approximate surface area is 86.9 Å². The molecule has 1 fully saturated rings. The summed E-state index contributed by atoms with van der Waals surface area (Å²) in [6.07, 6.45) is 3.61. The molecule has 1 aliphatic heterocycles. The van der Waals surface area contributed by atoms with Gasteiger partial charge in [-0.05, 0) is 12.3 Å². The zero-order chi connectivity index (χ0) is 10.4. The Morgan fingerprint density at radius 1 is 1.29 bits per heavy atom. The topological polar surface area (TPSA) is 44.5 Å². The number of hydrogen-bond donors (Lipinski definition) is 1. The lowest BCUT2D eigenvalue weighted by atomic mass is 10.0. The first-order valence-corrected chi connectivity index (χ1v) is 5.65. The Hall–Kier alpha value is -0.120. The van der Waals surface area contributed by atoms with Gasteiger partial charge in [0.25, 0.3) is 0 Å². The molecule has 0 bridgehead atoms. The van der Waals surface area contributed by atoms with E-state index in [9.17, 15) is 0 Å². The summed E-state index contributed by atoms with van der Waals surface area (Å²) in [6.45, 7) is 6.57. The Kier molecular flexibility index (Phi) is 5.45. The summed E-state index contributed by atoms with van der Waals surface area (Å²) < 4.78 is 10.9. The molecule has 2 unspecified atom stereocenters. The molecule has 0 amide bonds. The van der Waals surface area contributed by atoms with Gasteiger partial charge in [0.2, 0.25) is 0 Å². The van der Waals surface area contributed by atoms with Crippen LogP contribution in [0, 0.1) is 5.92 Å². The quantitative estimate of drug-likeness (QED) is 0.734. The van der Waals surface area contributed by atoms with Gasteiger partial charge in [-0.2, -0.15) is 0 Å². The molecule has 1 rings (SSSR count). The summed E-state index contributed by atoms with van der Waals surface area (Å²) in [7, 11) is 0. The molecule has 0 saturated carbocycles. The molecule has 14 heavy (non-hydrogen) atoms. The molecule has 84 valence electrons. The third-order valence-electron chi connectivity index (χ3n) is 2.64. The number of hydrogen-bond acceptors (Lipinski definition) is 3. The van der Waals surface area contributed by atoms with E-state index in [1.54, 1.807) is 0 Å². The van der Waals surface area contributed by atoms with Crippen LogP contribution in [0.1, 0.15) is 33.1 Å². The van der Waals surface area contributed by atoms with E-state index >= 15 is 0 Å². The predicted molar refractivity (Wildman–Crippen MR) is 57.2 cm³/mol. The van der Waals surface area contributed by atoms with E-state index in [4.69, 9.17) is 15.2 Å². The average molecular weight is 201 g/mol. The number of rotatable bonds is 5. The molecular weight excluding hydrogens is 178 g/mol. The van der Waals surface area contributed by atoms with Gasteiger partial charge in [0.1, 0.15) is 0 Å². The fourth-order valence-electron chi connectivity index (χ4n) is 1.70. The largest absolute Gasteiger partial charge is 0.376 e. The molecular formula is C11H23NO2. The van der Waals surface area contributed by atoms with Gasteiger partial charge in [0, 0.05) is 6.04 Å². The fourth-order valence-corrected chi connectivity index (χ4v) is 1.70. The summed E-state index contributed by atoms with van der Waals surface area (Å²) in [5.41, 5.74) is 6.03. The van der Waals surface area contributed by atoms with Crippen LogP contribution in [0.3, 0.4) is 0 Å². The minimum Gasteiger partial charge on any atom is -0.376 e. The van der Waals surface area contributed by atoms with Crippen molar-refractivity contribution in [3.05, 3.63) is 0 Å². The van der Waals surface area contributed by atoms with Crippen LogP contribution in [0.25, 0.3) is 0 Å². The third kappa shape index (κ3) is 4.40. The van der Waals surface area contributed by atoms with Crippen LogP contribution in [-0.2, 0) is 9.47 Å². The van der Waals surface area contributed by atoms with Crippen LogP contribution in [0.5, 0.6) is 0 Å². The van der Waals surface area contributed by atoms with Gasteiger partial charge in [-0.25, -0.2) is 0 Å². The SMILES string of the molecule is CC(C)CCCC(N)C1COCCO1. The molecule has 0 aromatic carbocycles. The molecule has 0 spiro atoms. The molecule has 0 aliphatic carbocycles. The van der Waals surface area contributed by atoms with Crippen molar-refractivity contribution in [2.45, 2.75) is 45.3 Å². The summed E-state index contributed by atoms with van der Waals surface area (Å²) in [4.78, 5) is 0. The van der Waals surface area contributed by atoms with Crippen molar-refractivity contribution < 1.29 is 9.47 Å². The molecule has 1 aliphatic rings. The third-order valence-corrected chi connectivity index (χ3v) is 2.64. The first-order chi connectivity index (χ1) is 6.70. The molecule has 3 nitrogen and oxygen atoms in total. The van der Waals surface area contributed by atoms with Crippen molar-refractivity contribution in [3.63, 3.8) is 0 Å². The maximum atomic E-state index is 6.03. The standard InChI is InChI=1S/C11H23NO2/c1-9(2)4-3-5-10(12)11-8-13-6-7-14-11/h9-11H,3-8,12H2,1-2H3. The van der Waals surface area contributed by atoms with Crippen LogP contribution >= 0.6 is 0 Å². The molecule has 0 aromatic heterocycles.